The summed E-state index contributed by atoms with van der Waals surface area (Å²) in [7, 11) is 0. The van der Waals surface area contributed by atoms with Gasteiger partial charge in [-0.2, -0.15) is 0 Å². The van der Waals surface area contributed by atoms with Crippen molar-refractivity contribution in [3.05, 3.63) is 35.9 Å². The topological polar surface area (TPSA) is 92.4 Å². The minimum atomic E-state index is -1.03. The van der Waals surface area contributed by atoms with E-state index < -0.39 is 12.0 Å². The lowest BCUT2D eigenvalue weighted by atomic mass is 10.1. The fraction of sp³-hybridized carbons (Fsp3) is 0.429. The number of carboxylic acids is 1. The molecule has 0 spiro atoms. The Kier molecular flexibility index (Phi) is 6.02. The van der Waals surface area contributed by atoms with Gasteiger partial charge in [0.1, 0.15) is 6.04 Å². The average molecular weight is 264 g/mol. The second kappa shape index (κ2) is 7.53. The highest BCUT2D eigenvalue weighted by Gasteiger charge is 2.20. The molecule has 2 atom stereocenters. The van der Waals surface area contributed by atoms with Crippen LogP contribution in [-0.2, 0) is 16.0 Å². The zero-order valence-electron chi connectivity index (χ0n) is 11.0. The van der Waals surface area contributed by atoms with Crippen LogP contribution >= 0.6 is 0 Å². The lowest BCUT2D eigenvalue weighted by molar-refractivity contribution is -0.141. The summed E-state index contributed by atoms with van der Waals surface area (Å²) < 4.78 is 0. The molecule has 2 unspecified atom stereocenters. The van der Waals surface area contributed by atoms with E-state index >= 15 is 0 Å². The number of hydrogen-bond acceptors (Lipinski definition) is 3. The van der Waals surface area contributed by atoms with Crippen LogP contribution in [-0.4, -0.2) is 29.1 Å². The van der Waals surface area contributed by atoms with E-state index in [1.165, 1.54) is 0 Å². The van der Waals surface area contributed by atoms with Gasteiger partial charge in [-0.25, -0.2) is 4.79 Å². The van der Waals surface area contributed by atoms with Crippen LogP contribution in [0.15, 0.2) is 30.3 Å². The largest absolute Gasteiger partial charge is 0.480 e. The SMILES string of the molecule is CC(N)CCC(=O)NC(Cc1ccccc1)C(=O)O. The number of nitrogens with one attached hydrogen (secondary N) is 1. The molecule has 0 aliphatic heterocycles. The number of nitrogens with two attached hydrogens (primary N) is 1. The maximum atomic E-state index is 11.6. The summed E-state index contributed by atoms with van der Waals surface area (Å²) in [5, 5.41) is 11.6. The Hall–Kier alpha value is -1.88. The van der Waals surface area contributed by atoms with E-state index in [0.29, 0.717) is 6.42 Å². The van der Waals surface area contributed by atoms with Crippen LogP contribution in [0.2, 0.25) is 0 Å². The van der Waals surface area contributed by atoms with Crippen LogP contribution in [0.1, 0.15) is 25.3 Å². The molecule has 1 aromatic carbocycles. The number of carboxylic acid groups (broad SMARTS) is 1. The Morgan fingerprint density at radius 2 is 1.95 bits per heavy atom. The van der Waals surface area contributed by atoms with Crippen molar-refractivity contribution in [3.63, 3.8) is 0 Å². The molecule has 0 radical (unpaired) electrons. The van der Waals surface area contributed by atoms with Crippen molar-refractivity contribution in [2.45, 2.75) is 38.3 Å². The van der Waals surface area contributed by atoms with Gasteiger partial charge in [-0.3, -0.25) is 4.79 Å². The molecule has 104 valence electrons. The monoisotopic (exact) mass is 264 g/mol. The van der Waals surface area contributed by atoms with Crippen LogP contribution in [0, 0.1) is 0 Å². The number of rotatable bonds is 7. The van der Waals surface area contributed by atoms with Crippen molar-refractivity contribution in [2.24, 2.45) is 5.73 Å². The zero-order valence-corrected chi connectivity index (χ0v) is 11.0. The lowest BCUT2D eigenvalue weighted by Gasteiger charge is -2.15. The second-order valence-electron chi connectivity index (χ2n) is 4.66. The Morgan fingerprint density at radius 3 is 2.47 bits per heavy atom. The average Bonchev–Trinajstić information content (AvgIpc) is 2.36. The third kappa shape index (κ3) is 6.01. The molecular weight excluding hydrogens is 244 g/mol. The van der Waals surface area contributed by atoms with E-state index in [1.54, 1.807) is 0 Å². The lowest BCUT2D eigenvalue weighted by Crippen LogP contribution is -2.42. The van der Waals surface area contributed by atoms with Crippen molar-refractivity contribution in [1.82, 2.24) is 5.32 Å². The maximum absolute atomic E-state index is 11.6. The molecule has 1 rings (SSSR count). The standard InChI is InChI=1S/C14H20N2O3/c1-10(15)7-8-13(17)16-12(14(18)19)9-11-5-3-2-4-6-11/h2-6,10,12H,7-9,15H2,1H3,(H,16,17)(H,18,19). The van der Waals surface area contributed by atoms with Crippen molar-refractivity contribution in [3.8, 4) is 0 Å². The Bertz CT molecular complexity index is 418. The maximum Gasteiger partial charge on any atom is 0.326 e. The summed E-state index contributed by atoms with van der Waals surface area (Å²) in [6.45, 7) is 1.81. The van der Waals surface area contributed by atoms with Gasteiger partial charge < -0.3 is 16.2 Å². The molecule has 0 saturated carbocycles. The molecule has 1 amide bonds. The van der Waals surface area contributed by atoms with Crippen molar-refractivity contribution < 1.29 is 14.7 Å². The molecule has 5 nitrogen and oxygen atoms in total. The van der Waals surface area contributed by atoms with Crippen LogP contribution in [0.5, 0.6) is 0 Å². The molecule has 0 heterocycles. The fourth-order valence-electron chi connectivity index (χ4n) is 1.68. The van der Waals surface area contributed by atoms with Gasteiger partial charge in [0.15, 0.2) is 0 Å². The minimum absolute atomic E-state index is 0.0665. The molecule has 19 heavy (non-hydrogen) atoms. The summed E-state index contributed by atoms with van der Waals surface area (Å²) in [6.07, 6.45) is 1.07. The van der Waals surface area contributed by atoms with Crippen LogP contribution < -0.4 is 11.1 Å². The normalized spacial score (nSPS) is 13.6. The molecule has 5 heteroatoms. The fourth-order valence-corrected chi connectivity index (χ4v) is 1.68. The molecule has 0 aliphatic carbocycles. The number of aliphatic carboxylic acids is 1. The van der Waals surface area contributed by atoms with Gasteiger partial charge >= 0.3 is 5.97 Å². The predicted molar refractivity (Wildman–Crippen MR) is 72.6 cm³/mol. The first-order chi connectivity index (χ1) is 8.99. The molecule has 1 aromatic rings. The van der Waals surface area contributed by atoms with Crippen LogP contribution in [0.3, 0.4) is 0 Å². The van der Waals surface area contributed by atoms with Gasteiger partial charge in [-0.05, 0) is 18.9 Å². The Balaban J connectivity index is 2.54. The second-order valence-corrected chi connectivity index (χ2v) is 4.66. The molecule has 0 aliphatic rings. The highest BCUT2D eigenvalue weighted by atomic mass is 16.4. The predicted octanol–water partition coefficient (Wildman–Crippen LogP) is 0.926. The summed E-state index contributed by atoms with van der Waals surface area (Å²) in [4.78, 5) is 22.8. The molecular formula is C14H20N2O3. The van der Waals surface area contributed by atoms with E-state index in [-0.39, 0.29) is 24.8 Å². The molecule has 0 aromatic heterocycles. The Labute approximate surface area is 112 Å². The van der Waals surface area contributed by atoms with Crippen molar-refractivity contribution in [2.75, 3.05) is 0 Å². The van der Waals surface area contributed by atoms with Gasteiger partial charge in [0.05, 0.1) is 0 Å². The third-order valence-corrected chi connectivity index (χ3v) is 2.74. The third-order valence-electron chi connectivity index (χ3n) is 2.74. The van der Waals surface area contributed by atoms with Gasteiger partial charge in [0.25, 0.3) is 0 Å². The summed E-state index contributed by atoms with van der Waals surface area (Å²) in [6, 6.07) is 8.25. The summed E-state index contributed by atoms with van der Waals surface area (Å²) in [5.74, 6) is -1.31. The van der Waals surface area contributed by atoms with E-state index in [4.69, 9.17) is 10.8 Å². The van der Waals surface area contributed by atoms with Gasteiger partial charge in [-0.15, -0.1) is 0 Å². The molecule has 0 fully saturated rings. The van der Waals surface area contributed by atoms with Gasteiger partial charge in [0.2, 0.25) is 5.91 Å². The summed E-state index contributed by atoms with van der Waals surface area (Å²) >= 11 is 0. The van der Waals surface area contributed by atoms with Crippen molar-refractivity contribution >= 4 is 11.9 Å². The molecule has 4 N–H and O–H groups in total. The van der Waals surface area contributed by atoms with E-state index in [0.717, 1.165) is 5.56 Å². The highest BCUT2D eigenvalue weighted by molar-refractivity contribution is 5.83. The first-order valence-electron chi connectivity index (χ1n) is 6.30. The van der Waals surface area contributed by atoms with Gasteiger partial charge in [-0.1, -0.05) is 30.3 Å². The number of hydrogen-bond donors (Lipinski definition) is 3. The Morgan fingerprint density at radius 1 is 1.32 bits per heavy atom. The summed E-state index contributed by atoms with van der Waals surface area (Å²) in [5.41, 5.74) is 6.44. The molecule has 0 saturated heterocycles. The van der Waals surface area contributed by atoms with Crippen LogP contribution in [0.4, 0.5) is 0 Å². The highest BCUT2D eigenvalue weighted by Crippen LogP contribution is 2.04. The van der Waals surface area contributed by atoms with E-state index in [1.807, 2.05) is 37.3 Å². The number of carbonyl (C=O) groups is 2. The van der Waals surface area contributed by atoms with Gasteiger partial charge in [0, 0.05) is 18.9 Å². The van der Waals surface area contributed by atoms with Crippen LogP contribution in [0.25, 0.3) is 0 Å². The van der Waals surface area contributed by atoms with E-state index in [2.05, 4.69) is 5.32 Å². The minimum Gasteiger partial charge on any atom is -0.480 e. The zero-order chi connectivity index (χ0) is 14.3. The smallest absolute Gasteiger partial charge is 0.326 e. The number of carbonyl (C=O) groups excluding carboxylic acids is 1. The molecule has 0 bridgehead atoms. The van der Waals surface area contributed by atoms with E-state index in [9.17, 15) is 9.59 Å². The number of benzene rings is 1. The number of amides is 1. The van der Waals surface area contributed by atoms with Crippen molar-refractivity contribution in [1.29, 1.82) is 0 Å². The first-order valence-corrected chi connectivity index (χ1v) is 6.30. The first kappa shape index (κ1) is 15.2. The quantitative estimate of drug-likeness (QED) is 0.683.